The van der Waals surface area contributed by atoms with Gasteiger partial charge in [0.25, 0.3) is 0 Å². The van der Waals surface area contributed by atoms with Crippen molar-refractivity contribution in [1.29, 1.82) is 0 Å². The predicted molar refractivity (Wildman–Crippen MR) is 64.9 cm³/mol. The maximum absolute atomic E-state index is 11.7. The zero-order chi connectivity index (χ0) is 13.9. The number of hydrogen-bond donors (Lipinski definition) is 1. The van der Waals surface area contributed by atoms with Gasteiger partial charge in [-0.2, -0.15) is 0 Å². The highest BCUT2D eigenvalue weighted by Crippen LogP contribution is 2.23. The molecule has 0 bridgehead atoms. The zero-order valence-electron chi connectivity index (χ0n) is 11.5. The Bertz CT molecular complexity index is 295. The summed E-state index contributed by atoms with van der Waals surface area (Å²) in [6.45, 7) is 8.86. The first kappa shape index (κ1) is 15.7. The van der Waals surface area contributed by atoms with E-state index in [0.29, 0.717) is 6.42 Å². The monoisotopic (exact) mass is 245 g/mol. The van der Waals surface area contributed by atoms with Gasteiger partial charge in [0.05, 0.1) is 5.41 Å². The fraction of sp³-hybridized carbons (Fsp3) is 0.833. The fourth-order valence-corrected chi connectivity index (χ4v) is 1.26. The van der Waals surface area contributed by atoms with Gasteiger partial charge in [-0.3, -0.25) is 4.79 Å². The number of hydrogen-bond acceptors (Lipinski definition) is 3. The summed E-state index contributed by atoms with van der Waals surface area (Å²) >= 11 is 0. The number of carboxylic acids is 1. The summed E-state index contributed by atoms with van der Waals surface area (Å²) in [7, 11) is 1.55. The van der Waals surface area contributed by atoms with Crippen molar-refractivity contribution >= 4 is 12.1 Å². The summed E-state index contributed by atoms with van der Waals surface area (Å²) in [6.07, 6.45) is -0.0476. The molecule has 0 heterocycles. The van der Waals surface area contributed by atoms with Crippen molar-refractivity contribution < 1.29 is 19.4 Å². The Morgan fingerprint density at radius 2 is 1.71 bits per heavy atom. The Morgan fingerprint density at radius 3 is 2.00 bits per heavy atom. The summed E-state index contributed by atoms with van der Waals surface area (Å²) in [6, 6.07) is 0. The van der Waals surface area contributed by atoms with Crippen LogP contribution < -0.4 is 0 Å². The van der Waals surface area contributed by atoms with Crippen molar-refractivity contribution in [3.63, 3.8) is 0 Å². The van der Waals surface area contributed by atoms with Crippen LogP contribution in [0.5, 0.6) is 0 Å². The summed E-state index contributed by atoms with van der Waals surface area (Å²) in [4.78, 5) is 24.1. The van der Waals surface area contributed by atoms with E-state index in [1.807, 2.05) is 0 Å². The van der Waals surface area contributed by atoms with E-state index in [9.17, 15) is 9.59 Å². The highest BCUT2D eigenvalue weighted by Gasteiger charge is 2.34. The molecular formula is C12H23NO4. The van der Waals surface area contributed by atoms with Crippen LogP contribution in [0.15, 0.2) is 0 Å². The Morgan fingerprint density at radius 1 is 1.24 bits per heavy atom. The molecule has 0 aliphatic carbocycles. The van der Waals surface area contributed by atoms with Gasteiger partial charge in [-0.05, 0) is 34.1 Å². The highest BCUT2D eigenvalue weighted by molar-refractivity contribution is 5.76. The zero-order valence-corrected chi connectivity index (χ0v) is 11.5. The van der Waals surface area contributed by atoms with E-state index in [0.717, 1.165) is 0 Å². The summed E-state index contributed by atoms with van der Waals surface area (Å²) in [5.74, 6) is -0.907. The smallest absolute Gasteiger partial charge is 0.410 e. The van der Waals surface area contributed by atoms with E-state index in [2.05, 4.69) is 0 Å². The standard InChI is InChI=1S/C12H23NO4/c1-7-12(5,9(14)15)8-13(6)10(16)17-11(2,3)4/h7-8H2,1-6H3,(H,14,15). The second-order valence-corrected chi connectivity index (χ2v) is 5.56. The third kappa shape index (κ3) is 5.06. The molecule has 0 aromatic rings. The number of rotatable bonds is 4. The molecule has 0 spiro atoms. The first-order valence-electron chi connectivity index (χ1n) is 5.69. The van der Waals surface area contributed by atoms with E-state index in [4.69, 9.17) is 9.84 Å². The third-order valence-electron chi connectivity index (χ3n) is 2.59. The maximum atomic E-state index is 11.7. The number of nitrogens with zero attached hydrogens (tertiary/aromatic N) is 1. The molecule has 0 aromatic carbocycles. The molecule has 1 N–H and O–H groups in total. The van der Waals surface area contributed by atoms with Crippen LogP contribution >= 0.6 is 0 Å². The molecule has 1 unspecified atom stereocenters. The number of carbonyl (C=O) groups excluding carboxylic acids is 1. The Labute approximate surface area is 103 Å². The highest BCUT2D eigenvalue weighted by atomic mass is 16.6. The molecule has 5 heteroatoms. The average molecular weight is 245 g/mol. The number of carbonyl (C=O) groups is 2. The normalized spacial score (nSPS) is 14.9. The lowest BCUT2D eigenvalue weighted by Gasteiger charge is -2.30. The number of ether oxygens (including phenoxy) is 1. The van der Waals surface area contributed by atoms with E-state index < -0.39 is 23.1 Å². The van der Waals surface area contributed by atoms with Gasteiger partial charge in [0.2, 0.25) is 0 Å². The first-order valence-corrected chi connectivity index (χ1v) is 5.69. The van der Waals surface area contributed by atoms with E-state index in [1.165, 1.54) is 4.90 Å². The van der Waals surface area contributed by atoms with Crippen LogP contribution in [0.1, 0.15) is 41.0 Å². The molecule has 17 heavy (non-hydrogen) atoms. The van der Waals surface area contributed by atoms with Gasteiger partial charge in [0.15, 0.2) is 0 Å². The summed E-state index contributed by atoms with van der Waals surface area (Å²) < 4.78 is 5.16. The molecular weight excluding hydrogens is 222 g/mol. The largest absolute Gasteiger partial charge is 0.481 e. The van der Waals surface area contributed by atoms with Crippen LogP contribution in [0.25, 0.3) is 0 Å². The van der Waals surface area contributed by atoms with Crippen molar-refractivity contribution in [2.75, 3.05) is 13.6 Å². The predicted octanol–water partition coefficient (Wildman–Crippen LogP) is 2.35. The van der Waals surface area contributed by atoms with Crippen LogP contribution in [0, 0.1) is 5.41 Å². The molecule has 0 aliphatic rings. The lowest BCUT2D eigenvalue weighted by Crippen LogP contribution is -2.43. The van der Waals surface area contributed by atoms with Crippen LogP contribution in [-0.4, -0.2) is 41.3 Å². The number of aliphatic carboxylic acids is 1. The van der Waals surface area contributed by atoms with Crippen molar-refractivity contribution in [3.05, 3.63) is 0 Å². The van der Waals surface area contributed by atoms with Gasteiger partial charge in [0, 0.05) is 13.6 Å². The van der Waals surface area contributed by atoms with Crippen molar-refractivity contribution in [1.82, 2.24) is 4.90 Å². The molecule has 0 saturated carbocycles. The second kappa shape index (κ2) is 5.38. The van der Waals surface area contributed by atoms with Crippen LogP contribution in [0.4, 0.5) is 4.79 Å². The van der Waals surface area contributed by atoms with E-state index in [-0.39, 0.29) is 6.54 Å². The molecule has 0 rings (SSSR count). The number of carboxylic acid groups (broad SMARTS) is 1. The Kier molecular flexibility index (Phi) is 4.98. The molecule has 1 atom stereocenters. The average Bonchev–Trinajstić information content (AvgIpc) is 2.14. The third-order valence-corrected chi connectivity index (χ3v) is 2.59. The molecule has 100 valence electrons. The summed E-state index contributed by atoms with van der Waals surface area (Å²) in [5, 5.41) is 9.12. The molecule has 0 saturated heterocycles. The van der Waals surface area contributed by atoms with E-state index >= 15 is 0 Å². The topological polar surface area (TPSA) is 66.8 Å². The second-order valence-electron chi connectivity index (χ2n) is 5.56. The fourth-order valence-electron chi connectivity index (χ4n) is 1.26. The van der Waals surface area contributed by atoms with Gasteiger partial charge in [-0.25, -0.2) is 4.79 Å². The molecule has 0 aliphatic heterocycles. The molecule has 0 aromatic heterocycles. The first-order chi connectivity index (χ1) is 7.52. The van der Waals surface area contributed by atoms with Gasteiger partial charge in [-0.1, -0.05) is 6.92 Å². The van der Waals surface area contributed by atoms with Gasteiger partial charge in [-0.15, -0.1) is 0 Å². The molecule has 5 nitrogen and oxygen atoms in total. The minimum atomic E-state index is -0.939. The minimum Gasteiger partial charge on any atom is -0.481 e. The lowest BCUT2D eigenvalue weighted by molar-refractivity contribution is -0.148. The van der Waals surface area contributed by atoms with Gasteiger partial charge >= 0.3 is 12.1 Å². The van der Waals surface area contributed by atoms with Crippen molar-refractivity contribution in [3.8, 4) is 0 Å². The van der Waals surface area contributed by atoms with Crippen LogP contribution in [0.3, 0.4) is 0 Å². The SMILES string of the molecule is CCC(C)(CN(C)C(=O)OC(C)(C)C)C(=O)O. The molecule has 1 amide bonds. The summed E-state index contributed by atoms with van der Waals surface area (Å²) in [5.41, 5.74) is -1.51. The lowest BCUT2D eigenvalue weighted by atomic mass is 9.87. The van der Waals surface area contributed by atoms with Crippen molar-refractivity contribution in [2.24, 2.45) is 5.41 Å². The molecule has 0 fully saturated rings. The van der Waals surface area contributed by atoms with E-state index in [1.54, 1.807) is 41.7 Å². The quantitative estimate of drug-likeness (QED) is 0.825. The van der Waals surface area contributed by atoms with Crippen LogP contribution in [0.2, 0.25) is 0 Å². The Hall–Kier alpha value is -1.26. The van der Waals surface area contributed by atoms with Crippen LogP contribution in [-0.2, 0) is 9.53 Å². The maximum Gasteiger partial charge on any atom is 0.410 e. The van der Waals surface area contributed by atoms with Gasteiger partial charge in [0.1, 0.15) is 5.60 Å². The van der Waals surface area contributed by atoms with Crippen molar-refractivity contribution in [2.45, 2.75) is 46.6 Å². The van der Waals surface area contributed by atoms with Gasteiger partial charge < -0.3 is 14.7 Å². The minimum absolute atomic E-state index is 0.133. The number of amides is 1. The Balaban J connectivity index is 4.58. The molecule has 0 radical (unpaired) electrons.